The van der Waals surface area contributed by atoms with Gasteiger partial charge in [-0.1, -0.05) is 61.5 Å². The molecule has 164 valence electrons. The Balaban J connectivity index is 1.51. The highest BCUT2D eigenvalue weighted by Crippen LogP contribution is 2.36. The van der Waals surface area contributed by atoms with Crippen LogP contribution in [0, 0.1) is 0 Å². The Bertz CT molecular complexity index is 941. The molecule has 4 rings (SSSR count). The molecule has 2 atom stereocenters. The van der Waals surface area contributed by atoms with Gasteiger partial charge < -0.3 is 14.6 Å². The van der Waals surface area contributed by atoms with E-state index in [0.29, 0.717) is 10.6 Å². The molecule has 2 unspecified atom stereocenters. The Kier molecular flexibility index (Phi) is 7.02. The number of nitrogens with zero attached hydrogens (tertiary/aromatic N) is 1. The predicted octanol–water partition coefficient (Wildman–Crippen LogP) is 3.87. The van der Waals surface area contributed by atoms with E-state index in [1.807, 2.05) is 48.5 Å². The third kappa shape index (κ3) is 4.67. The van der Waals surface area contributed by atoms with Gasteiger partial charge in [-0.15, -0.1) is 0 Å². The summed E-state index contributed by atoms with van der Waals surface area (Å²) in [5.41, 5.74) is 2.93. The number of ether oxygens (including phenoxy) is 1. The van der Waals surface area contributed by atoms with E-state index in [1.165, 1.54) is 0 Å². The molecule has 31 heavy (non-hydrogen) atoms. The lowest BCUT2D eigenvalue weighted by molar-refractivity contribution is 0.109. The van der Waals surface area contributed by atoms with E-state index in [4.69, 9.17) is 4.74 Å². The zero-order valence-electron chi connectivity index (χ0n) is 18.3. The summed E-state index contributed by atoms with van der Waals surface area (Å²) in [5, 5.41) is 3.43. The Morgan fingerprint density at radius 3 is 2.55 bits per heavy atom. The Hall–Kier alpha value is -2.25. The predicted molar refractivity (Wildman–Crippen MR) is 127 cm³/mol. The molecule has 2 aromatic rings. The number of piperazine rings is 1. The van der Waals surface area contributed by atoms with Gasteiger partial charge in [-0.3, -0.25) is 4.90 Å². The summed E-state index contributed by atoms with van der Waals surface area (Å²) in [6, 6.07) is 15.8. The van der Waals surface area contributed by atoms with E-state index in [1.54, 1.807) is 7.11 Å². The van der Waals surface area contributed by atoms with Crippen LogP contribution in [0.15, 0.2) is 77.4 Å². The molecule has 1 aliphatic heterocycles. The van der Waals surface area contributed by atoms with Crippen LogP contribution in [0.2, 0.25) is 0 Å². The molecule has 6 heteroatoms. The molecule has 0 aromatic heterocycles. The summed E-state index contributed by atoms with van der Waals surface area (Å²) in [4.78, 5) is 3.21. The first-order valence-corrected chi connectivity index (χ1v) is 12.1. The van der Waals surface area contributed by atoms with Crippen molar-refractivity contribution in [3.05, 3.63) is 72.5 Å². The van der Waals surface area contributed by atoms with Gasteiger partial charge in [-0.2, -0.15) is 0 Å². The number of methoxy groups -OCH3 is 1. The minimum Gasteiger partial charge on any atom is -0.588 e. The fraction of sp³-hybridized carbons (Fsp3) is 0.360. The first-order valence-electron chi connectivity index (χ1n) is 10.9. The molecule has 2 aromatic carbocycles. The van der Waals surface area contributed by atoms with E-state index < -0.39 is 11.4 Å². The Morgan fingerprint density at radius 1 is 1.13 bits per heavy atom. The summed E-state index contributed by atoms with van der Waals surface area (Å²) >= 11 is -1.43. The normalized spacial score (nSPS) is 22.6. The van der Waals surface area contributed by atoms with Gasteiger partial charge in [0.1, 0.15) is 11.4 Å². The van der Waals surface area contributed by atoms with E-state index in [9.17, 15) is 4.55 Å². The SMILES string of the molecule is CCC1(N2CCNCC2)C=CC(N[S+]([O-])c2cccc(-c3ccccc3)c2OC)=CC1. The van der Waals surface area contributed by atoms with Crippen LogP contribution >= 0.6 is 0 Å². The molecule has 0 amide bonds. The summed E-state index contributed by atoms with van der Waals surface area (Å²) in [7, 11) is 1.63. The van der Waals surface area contributed by atoms with Crippen molar-refractivity contribution >= 4 is 11.4 Å². The first-order chi connectivity index (χ1) is 15.2. The molecule has 0 spiro atoms. The molecule has 1 fully saturated rings. The van der Waals surface area contributed by atoms with Crippen LogP contribution in [0.25, 0.3) is 11.1 Å². The standard InChI is InChI=1S/C25H31N3O2S/c1-3-25(28-18-16-26-17-19-28)14-12-21(13-15-25)27-31(29)23-11-7-10-22(24(23)30-2)20-8-5-4-6-9-20/h4-14,26-27H,3,15-19H2,1-2H3. The van der Waals surface area contributed by atoms with Crippen LogP contribution < -0.4 is 14.8 Å². The second-order valence-corrected chi connectivity index (χ2v) is 9.15. The van der Waals surface area contributed by atoms with Crippen molar-refractivity contribution in [2.24, 2.45) is 0 Å². The maximum absolute atomic E-state index is 13.2. The summed E-state index contributed by atoms with van der Waals surface area (Å²) in [5.74, 6) is 0.642. The van der Waals surface area contributed by atoms with Gasteiger partial charge in [0, 0.05) is 37.3 Å². The molecule has 0 saturated carbocycles. The molecule has 2 aliphatic rings. The average Bonchev–Trinajstić information content (AvgIpc) is 2.85. The number of rotatable bonds is 7. The maximum atomic E-state index is 13.2. The maximum Gasteiger partial charge on any atom is 0.222 e. The lowest BCUT2D eigenvalue weighted by Crippen LogP contribution is -2.55. The fourth-order valence-corrected chi connectivity index (χ4v) is 5.49. The minimum atomic E-state index is -1.43. The van der Waals surface area contributed by atoms with Gasteiger partial charge in [0.05, 0.1) is 12.8 Å². The summed E-state index contributed by atoms with van der Waals surface area (Å²) in [6.07, 6.45) is 8.52. The van der Waals surface area contributed by atoms with E-state index >= 15 is 0 Å². The lowest BCUT2D eigenvalue weighted by Gasteiger charge is -2.44. The number of para-hydroxylation sites is 1. The van der Waals surface area contributed by atoms with Gasteiger partial charge in [-0.25, -0.2) is 4.72 Å². The number of hydrogen-bond acceptors (Lipinski definition) is 5. The number of allylic oxidation sites excluding steroid dienone is 1. The lowest BCUT2D eigenvalue weighted by atomic mass is 9.85. The monoisotopic (exact) mass is 437 g/mol. The van der Waals surface area contributed by atoms with Gasteiger partial charge in [-0.05, 0) is 30.5 Å². The average molecular weight is 438 g/mol. The quantitative estimate of drug-likeness (QED) is 0.644. The molecule has 0 radical (unpaired) electrons. The highest BCUT2D eigenvalue weighted by molar-refractivity contribution is 7.89. The molecule has 5 nitrogen and oxygen atoms in total. The van der Waals surface area contributed by atoms with Gasteiger partial charge >= 0.3 is 0 Å². The first kappa shape index (κ1) is 22.0. The minimum absolute atomic E-state index is 0.0552. The largest absolute Gasteiger partial charge is 0.588 e. The molecular weight excluding hydrogens is 406 g/mol. The van der Waals surface area contributed by atoms with Crippen molar-refractivity contribution < 1.29 is 9.29 Å². The third-order valence-corrected chi connectivity index (χ3v) is 7.43. The van der Waals surface area contributed by atoms with Crippen LogP contribution in [0.3, 0.4) is 0 Å². The summed E-state index contributed by atoms with van der Waals surface area (Å²) in [6.45, 7) is 6.43. The van der Waals surface area contributed by atoms with Gasteiger partial charge in [0.2, 0.25) is 4.90 Å². The number of benzene rings is 2. The fourth-order valence-electron chi connectivity index (χ4n) is 4.45. The van der Waals surface area contributed by atoms with Crippen molar-refractivity contribution in [2.45, 2.75) is 30.2 Å². The molecule has 1 heterocycles. The number of hydrogen-bond donors (Lipinski definition) is 2. The molecule has 2 N–H and O–H groups in total. The highest BCUT2D eigenvalue weighted by Gasteiger charge is 2.34. The van der Waals surface area contributed by atoms with E-state index in [2.05, 4.69) is 40.1 Å². The Morgan fingerprint density at radius 2 is 1.90 bits per heavy atom. The zero-order chi connectivity index (χ0) is 21.7. The second kappa shape index (κ2) is 9.92. The van der Waals surface area contributed by atoms with Crippen molar-refractivity contribution in [1.82, 2.24) is 14.9 Å². The number of nitrogens with one attached hydrogen (secondary N) is 2. The zero-order valence-corrected chi connectivity index (χ0v) is 19.1. The van der Waals surface area contributed by atoms with Gasteiger partial charge in [0.15, 0.2) is 5.75 Å². The highest BCUT2D eigenvalue weighted by atomic mass is 32.2. The van der Waals surface area contributed by atoms with Crippen molar-refractivity contribution in [2.75, 3.05) is 33.3 Å². The van der Waals surface area contributed by atoms with Crippen LogP contribution in [-0.4, -0.2) is 48.3 Å². The van der Waals surface area contributed by atoms with Gasteiger partial charge in [0.25, 0.3) is 0 Å². The topological polar surface area (TPSA) is 59.6 Å². The third-order valence-electron chi connectivity index (χ3n) is 6.29. The van der Waals surface area contributed by atoms with Crippen LogP contribution in [0.5, 0.6) is 5.75 Å². The van der Waals surface area contributed by atoms with E-state index in [-0.39, 0.29) is 5.54 Å². The molecular formula is C25H31N3O2S. The van der Waals surface area contributed by atoms with E-state index in [0.717, 1.165) is 55.8 Å². The smallest absolute Gasteiger partial charge is 0.222 e. The van der Waals surface area contributed by atoms with Crippen LogP contribution in [0.4, 0.5) is 0 Å². The molecule has 0 bridgehead atoms. The van der Waals surface area contributed by atoms with Crippen LogP contribution in [-0.2, 0) is 11.4 Å². The molecule has 1 saturated heterocycles. The van der Waals surface area contributed by atoms with Crippen molar-refractivity contribution in [3.63, 3.8) is 0 Å². The summed E-state index contributed by atoms with van der Waals surface area (Å²) < 4.78 is 22.1. The van der Waals surface area contributed by atoms with Crippen LogP contribution in [0.1, 0.15) is 19.8 Å². The van der Waals surface area contributed by atoms with Crippen molar-refractivity contribution in [3.8, 4) is 16.9 Å². The molecule has 1 aliphatic carbocycles. The second-order valence-electron chi connectivity index (χ2n) is 7.96. The Labute approximate surface area is 188 Å². The van der Waals surface area contributed by atoms with Crippen molar-refractivity contribution in [1.29, 1.82) is 0 Å².